The number of rotatable bonds is 10. The maximum atomic E-state index is 10.6. The van der Waals surface area contributed by atoms with Crippen LogP contribution in [0.1, 0.15) is 250 Å². The van der Waals surface area contributed by atoms with Gasteiger partial charge in [0.2, 0.25) is 5.89 Å². The molecule has 21 rings (SSSR count). The van der Waals surface area contributed by atoms with Crippen molar-refractivity contribution in [1.29, 1.82) is 0 Å². The fraction of sp³-hybridized carbons (Fsp3) is 0.284. The quantitative estimate of drug-likeness (QED) is 0.113. The summed E-state index contributed by atoms with van der Waals surface area (Å²) < 4.78 is 9.30. The van der Waals surface area contributed by atoms with Crippen LogP contribution in [0.5, 0.6) is 17.2 Å². The van der Waals surface area contributed by atoms with Crippen LogP contribution in [0.3, 0.4) is 0 Å². The molecular formula is C134H158N7O4Pt3S-3. The molecule has 792 valence electrons. The summed E-state index contributed by atoms with van der Waals surface area (Å²) in [5.41, 5.74) is 17.5. The number of phenols is 3. The molecule has 0 aliphatic rings. The Morgan fingerprint density at radius 2 is 0.544 bits per heavy atom. The number of aromatic hydroxyl groups is 3. The van der Waals surface area contributed by atoms with E-state index in [-0.39, 0.29) is 80.4 Å². The second-order valence-corrected chi connectivity index (χ2v) is 36.4. The van der Waals surface area contributed by atoms with Crippen LogP contribution in [0.25, 0.3) is 198 Å². The van der Waals surface area contributed by atoms with E-state index in [1.165, 1.54) is 77.0 Å². The molecule has 6 aromatic heterocycles. The second kappa shape index (κ2) is 71.3. The van der Waals surface area contributed by atoms with Gasteiger partial charge in [0, 0.05) is 110 Å². The number of pyridine rings is 3. The average Bonchev–Trinajstić information content (AvgIpc) is 1.52. The Hall–Kier alpha value is -12.4. The Morgan fingerprint density at radius 3 is 0.893 bits per heavy atom. The summed E-state index contributed by atoms with van der Waals surface area (Å²) in [6.07, 6.45) is 20.8. The van der Waals surface area contributed by atoms with Gasteiger partial charge in [-0.1, -0.05) is 546 Å². The topological polar surface area (TPSA) is 156 Å². The molecule has 0 fully saturated rings. The molecule has 6 heterocycles. The van der Waals surface area contributed by atoms with Crippen LogP contribution in [-0.2, 0) is 69.7 Å². The van der Waals surface area contributed by atoms with Crippen molar-refractivity contribution >= 4 is 108 Å². The third-order valence-corrected chi connectivity index (χ3v) is 21.3. The number of hydrogen-bond donors (Lipinski definition) is 3. The second-order valence-electron chi connectivity index (χ2n) is 35.4. The van der Waals surface area contributed by atoms with Gasteiger partial charge in [0.1, 0.15) is 33.7 Å². The number of nitrogens with zero attached hydrogens (tertiary/aromatic N) is 7. The van der Waals surface area contributed by atoms with Gasteiger partial charge in [0.25, 0.3) is 0 Å². The molecule has 21 aromatic rings. The molecular weight excluding hydrogens is 2390 g/mol. The van der Waals surface area contributed by atoms with Crippen molar-refractivity contribution in [2.45, 2.75) is 257 Å². The first-order valence-corrected chi connectivity index (χ1v) is 54.0. The minimum absolute atomic E-state index is 0. The number of aryl methyl sites for hydroxylation is 1. The van der Waals surface area contributed by atoms with Crippen molar-refractivity contribution in [3.8, 4) is 118 Å². The number of para-hydroxylation sites is 6. The normalized spacial score (nSPS) is 9.91. The van der Waals surface area contributed by atoms with E-state index >= 15 is 0 Å². The minimum Gasteiger partial charge on any atom is -0.507 e. The molecule has 0 radical (unpaired) electrons. The summed E-state index contributed by atoms with van der Waals surface area (Å²) in [4.78, 5) is 29.2. The molecule has 15 heteroatoms. The van der Waals surface area contributed by atoms with Crippen molar-refractivity contribution < 1.29 is 82.9 Å². The van der Waals surface area contributed by atoms with Gasteiger partial charge in [-0.15, -0.1) is 64.4 Å². The van der Waals surface area contributed by atoms with E-state index in [1.54, 1.807) is 41.7 Å². The molecule has 0 aliphatic heterocycles. The van der Waals surface area contributed by atoms with Crippen LogP contribution in [0.4, 0.5) is 0 Å². The number of oxazole rings is 1. The number of aromatic nitrogens is 7. The molecule has 0 atom stereocenters. The van der Waals surface area contributed by atoms with Crippen LogP contribution in [0.15, 0.2) is 332 Å². The van der Waals surface area contributed by atoms with Gasteiger partial charge in [0.05, 0.1) is 38.8 Å². The van der Waals surface area contributed by atoms with Crippen LogP contribution in [0, 0.1) is 18.2 Å². The summed E-state index contributed by atoms with van der Waals surface area (Å²) >= 11 is 1.58. The van der Waals surface area contributed by atoms with E-state index < -0.39 is 0 Å². The molecule has 0 amide bonds. The first-order valence-electron chi connectivity index (χ1n) is 53.2. The molecule has 0 saturated carbocycles. The van der Waals surface area contributed by atoms with Crippen molar-refractivity contribution in [1.82, 2.24) is 34.5 Å². The first-order chi connectivity index (χ1) is 71.2. The number of hydrogen-bond acceptors (Lipinski definition) is 11. The Balaban J connectivity index is 0.000000396. The molecule has 11 nitrogen and oxygen atoms in total. The van der Waals surface area contributed by atoms with Crippen molar-refractivity contribution in [2.24, 2.45) is 0 Å². The molecule has 3 N–H and O–H groups in total. The Bertz CT molecular complexity index is 7130. The number of phenolic OH excluding ortho intramolecular Hbond substituents is 3. The molecule has 0 unspecified atom stereocenters. The zero-order valence-electron chi connectivity index (χ0n) is 92.6. The van der Waals surface area contributed by atoms with E-state index in [1.807, 2.05) is 122 Å². The smallest absolute Gasteiger partial charge is 0.230 e. The van der Waals surface area contributed by atoms with E-state index in [2.05, 4.69) is 372 Å². The van der Waals surface area contributed by atoms with E-state index in [0.717, 1.165) is 187 Å². The van der Waals surface area contributed by atoms with Crippen LogP contribution >= 0.6 is 11.3 Å². The average molecular weight is 2550 g/mol. The zero-order valence-corrected chi connectivity index (χ0v) is 100. The summed E-state index contributed by atoms with van der Waals surface area (Å²) in [7, 11) is 0. The van der Waals surface area contributed by atoms with Crippen molar-refractivity contribution in [3.63, 3.8) is 0 Å². The maximum absolute atomic E-state index is 10.6. The number of imidazole rings is 1. The van der Waals surface area contributed by atoms with Gasteiger partial charge in [0.15, 0.2) is 0 Å². The standard InChI is InChI=1S/C34H24N3O.C32H19N2O2.C32H19N2OS.12C3H8.3Pt/c1-2-37-31-16-9-15-27(33(31)36-34(37)28-14-7-8-17-32(28)38)29-19-25(18-23-11-5-6-13-26(23)29)30-20-22-10-3-4-12-24(22)21-35-30;2*35-29-14-6-5-12-26(29)32-34-31-25(13-7-15-30(31)36-32)27-17-23(16-21-9-3-4-11-24(21)27)28-18-20-8-1-2-10-22(20)19-33-28;12*1-3-2;;;/h3-18,20-21,38H,2H2,1H3;2*1-16,18-19,35H;12*3H2,1-2H3;;;/q3*-1;;;;;;;;;;;;;;;. The molecule has 0 aliphatic carbocycles. The molecule has 0 saturated heterocycles. The molecule has 15 aromatic carbocycles. The summed E-state index contributed by atoms with van der Waals surface area (Å²) in [6.45, 7) is 53.8. The maximum Gasteiger partial charge on any atom is 0.230 e. The fourth-order valence-corrected chi connectivity index (χ4v) is 15.9. The predicted octanol–water partition coefficient (Wildman–Crippen LogP) is 41.8. The molecule has 0 spiro atoms. The van der Waals surface area contributed by atoms with Crippen LogP contribution in [0.2, 0.25) is 0 Å². The van der Waals surface area contributed by atoms with Crippen LogP contribution in [-0.4, -0.2) is 49.8 Å². The SMILES string of the molecule is CCC.CCC.CCC.CCC.CCC.CCC.CCC.CCC.CCC.CCC.CCC.CCC.CCn1c(-c2ccccc2O)nc2c(-c3[c-]c(-c4cc5ccccc5cn4)cc4ccccc34)cccc21.Oc1ccccc1-c1nc2c(-c3[c-]c(-c4cc5ccccc5cn4)cc4ccccc34)cccc2o1.Oc1ccccc1-c1nc2c(-c3[c-]c(-c4cc5ccccc5cn4)cc4ccccc34)cccc2s1.[Pt].[Pt].[Pt]. The fourth-order valence-electron chi connectivity index (χ4n) is 14.9. The Morgan fingerprint density at radius 1 is 0.262 bits per heavy atom. The number of benzene rings is 15. The van der Waals surface area contributed by atoms with Gasteiger partial charge < -0.3 is 24.3 Å². The number of fused-ring (bicyclic) bond motifs is 9. The van der Waals surface area contributed by atoms with Crippen molar-refractivity contribution in [3.05, 3.63) is 346 Å². The molecule has 149 heavy (non-hydrogen) atoms. The van der Waals surface area contributed by atoms with Crippen molar-refractivity contribution in [2.75, 3.05) is 0 Å². The zero-order chi connectivity index (χ0) is 106. The minimum atomic E-state index is 0. The monoisotopic (exact) mass is 2550 g/mol. The van der Waals surface area contributed by atoms with Gasteiger partial charge in [-0.3, -0.25) is 15.0 Å². The third kappa shape index (κ3) is 36.5. The summed E-state index contributed by atoms with van der Waals surface area (Å²) in [6, 6.07) is 114. The third-order valence-electron chi connectivity index (χ3n) is 20.2. The van der Waals surface area contributed by atoms with E-state index in [4.69, 9.17) is 34.3 Å². The summed E-state index contributed by atoms with van der Waals surface area (Å²) in [5.74, 6) is 1.73. The van der Waals surface area contributed by atoms with Gasteiger partial charge in [-0.2, -0.15) is 0 Å². The van der Waals surface area contributed by atoms with Gasteiger partial charge in [-0.05, 0) is 93.8 Å². The number of thiazole rings is 1. The van der Waals surface area contributed by atoms with E-state index in [0.29, 0.717) is 17.0 Å². The largest absolute Gasteiger partial charge is 0.507 e. The first kappa shape index (κ1) is 129. The Kier molecular flexibility index (Phi) is 61.7. The van der Waals surface area contributed by atoms with E-state index in [9.17, 15) is 15.3 Å². The van der Waals surface area contributed by atoms with Crippen LogP contribution < -0.4 is 0 Å². The molecule has 0 bridgehead atoms. The van der Waals surface area contributed by atoms with Gasteiger partial charge in [-0.25, -0.2) is 15.0 Å². The predicted molar refractivity (Wildman–Crippen MR) is 639 cm³/mol. The van der Waals surface area contributed by atoms with Gasteiger partial charge >= 0.3 is 0 Å². The summed E-state index contributed by atoms with van der Waals surface area (Å²) in [5, 5.41) is 45.6. The Labute approximate surface area is 938 Å².